The number of pyridine rings is 1. The zero-order valence-electron chi connectivity index (χ0n) is 16.6. The van der Waals surface area contributed by atoms with Crippen molar-refractivity contribution in [2.24, 2.45) is 0 Å². The van der Waals surface area contributed by atoms with Gasteiger partial charge < -0.3 is 19.4 Å². The van der Waals surface area contributed by atoms with E-state index in [2.05, 4.69) is 20.1 Å². The highest BCUT2D eigenvalue weighted by Gasteiger charge is 2.39. The summed E-state index contributed by atoms with van der Waals surface area (Å²) in [5.41, 5.74) is 1.57. The van der Waals surface area contributed by atoms with Crippen molar-refractivity contribution in [3.8, 4) is 0 Å². The van der Waals surface area contributed by atoms with Crippen molar-refractivity contribution in [3.05, 3.63) is 69.6 Å². The Hall–Kier alpha value is -2.88. The maximum absolute atomic E-state index is 13.5. The lowest BCUT2D eigenvalue weighted by Gasteiger charge is -2.33. The number of aromatic nitrogens is 5. The van der Waals surface area contributed by atoms with Crippen LogP contribution in [0.1, 0.15) is 53.4 Å². The molecule has 11 heteroatoms. The van der Waals surface area contributed by atoms with E-state index in [-0.39, 0.29) is 16.8 Å². The zero-order chi connectivity index (χ0) is 21.9. The van der Waals surface area contributed by atoms with Crippen LogP contribution in [0.15, 0.2) is 35.1 Å². The number of nitrogens with one attached hydrogen (secondary N) is 1. The predicted molar refractivity (Wildman–Crippen MR) is 112 cm³/mol. The molecule has 0 bridgehead atoms. The van der Waals surface area contributed by atoms with E-state index >= 15 is 0 Å². The largest absolute Gasteiger partial charge is 0.431 e. The number of imidazole rings is 1. The summed E-state index contributed by atoms with van der Waals surface area (Å²) in [6.07, 6.45) is 3.96. The number of H-pyrrole nitrogens is 1. The molecule has 31 heavy (non-hydrogen) atoms. The second-order valence-corrected chi connectivity index (χ2v) is 8.64. The minimum Gasteiger partial charge on any atom is -0.431 e. The van der Waals surface area contributed by atoms with Gasteiger partial charge >= 0.3 is 0 Å². The fraction of sp³-hybridized carbons (Fsp3) is 0.300. The number of amides is 1. The van der Waals surface area contributed by atoms with Crippen LogP contribution in [-0.4, -0.2) is 47.0 Å². The zero-order valence-corrected chi connectivity index (χ0v) is 18.1. The molecule has 5 rings (SSSR count). The Bertz CT molecular complexity index is 1300. The molecule has 0 fully saturated rings. The lowest BCUT2D eigenvalue weighted by molar-refractivity contribution is 0.0440. The molecule has 1 unspecified atom stereocenters. The maximum Gasteiger partial charge on any atom is 0.293 e. The second kappa shape index (κ2) is 7.08. The second-order valence-electron chi connectivity index (χ2n) is 7.87. The fourth-order valence-electron chi connectivity index (χ4n) is 3.75. The molecule has 1 aliphatic rings. The molecule has 9 nitrogen and oxygen atoms in total. The topological polar surface area (TPSA) is 113 Å². The molecule has 5 heterocycles. The Balaban J connectivity index is 1.61. The third kappa shape index (κ3) is 3.29. The van der Waals surface area contributed by atoms with E-state index in [9.17, 15) is 9.90 Å². The van der Waals surface area contributed by atoms with Crippen molar-refractivity contribution in [1.29, 1.82) is 0 Å². The SMILES string of the molecule is CC(C)(O)c1nc(Cl)c(C(=O)N2CCc3[nH]cnc3C2c2cc3c(Cl)cccn3n2)o1. The molecule has 1 aliphatic heterocycles. The monoisotopic (exact) mass is 460 g/mol. The average molecular weight is 461 g/mol. The van der Waals surface area contributed by atoms with Crippen LogP contribution in [0.2, 0.25) is 10.2 Å². The van der Waals surface area contributed by atoms with Crippen molar-refractivity contribution in [1.82, 2.24) is 29.5 Å². The van der Waals surface area contributed by atoms with Gasteiger partial charge in [-0.3, -0.25) is 4.79 Å². The van der Waals surface area contributed by atoms with Crippen LogP contribution in [-0.2, 0) is 12.0 Å². The first-order valence-electron chi connectivity index (χ1n) is 9.60. The summed E-state index contributed by atoms with van der Waals surface area (Å²) in [5.74, 6) is -0.631. The molecule has 160 valence electrons. The van der Waals surface area contributed by atoms with Gasteiger partial charge in [-0.1, -0.05) is 23.2 Å². The summed E-state index contributed by atoms with van der Waals surface area (Å²) >= 11 is 12.5. The Labute approximate surface area is 186 Å². The van der Waals surface area contributed by atoms with E-state index in [1.54, 1.807) is 34.1 Å². The van der Waals surface area contributed by atoms with Crippen molar-refractivity contribution in [3.63, 3.8) is 0 Å². The van der Waals surface area contributed by atoms with Gasteiger partial charge in [0.25, 0.3) is 5.91 Å². The highest BCUT2D eigenvalue weighted by atomic mass is 35.5. The Morgan fingerprint density at radius 1 is 1.39 bits per heavy atom. The standard InChI is InChI=1S/C20H18Cl2N6O3/c1-20(2,30)19-25-17(22)16(31-19)18(29)27-7-5-11-14(24-9-23-11)15(27)12-8-13-10(21)4-3-6-28(13)26-12/h3-4,6,8-9,15,30H,5,7H2,1-2H3,(H,23,24). The van der Waals surface area contributed by atoms with Gasteiger partial charge in [0.05, 0.1) is 28.3 Å². The third-order valence-electron chi connectivity index (χ3n) is 5.24. The molecule has 2 N–H and O–H groups in total. The van der Waals surface area contributed by atoms with Crippen molar-refractivity contribution >= 4 is 34.6 Å². The molecule has 0 saturated heterocycles. The van der Waals surface area contributed by atoms with Crippen molar-refractivity contribution < 1.29 is 14.3 Å². The van der Waals surface area contributed by atoms with E-state index in [1.165, 1.54) is 13.8 Å². The predicted octanol–water partition coefficient (Wildman–Crippen LogP) is 3.37. The molecule has 0 aromatic carbocycles. The van der Waals surface area contributed by atoms with Crippen LogP contribution in [0.4, 0.5) is 0 Å². The van der Waals surface area contributed by atoms with E-state index in [0.29, 0.717) is 29.4 Å². The number of oxazole rings is 1. The number of carbonyl (C=O) groups is 1. The molecule has 0 radical (unpaired) electrons. The molecule has 4 aromatic heterocycles. The number of hydrogen-bond acceptors (Lipinski definition) is 6. The van der Waals surface area contributed by atoms with Gasteiger partial charge in [-0.15, -0.1) is 0 Å². The Morgan fingerprint density at radius 2 is 2.19 bits per heavy atom. The summed E-state index contributed by atoms with van der Waals surface area (Å²) in [4.78, 5) is 26.7. The molecule has 1 amide bonds. The van der Waals surface area contributed by atoms with E-state index in [1.807, 2.05) is 6.07 Å². The molecule has 0 spiro atoms. The van der Waals surface area contributed by atoms with E-state index < -0.39 is 17.6 Å². The van der Waals surface area contributed by atoms with Crippen LogP contribution < -0.4 is 0 Å². The highest BCUT2D eigenvalue weighted by molar-refractivity contribution is 6.33. The smallest absolute Gasteiger partial charge is 0.293 e. The summed E-state index contributed by atoms with van der Waals surface area (Å²) in [7, 11) is 0. The van der Waals surface area contributed by atoms with Crippen molar-refractivity contribution in [2.45, 2.75) is 31.9 Å². The van der Waals surface area contributed by atoms with Gasteiger partial charge in [0.15, 0.2) is 5.15 Å². The van der Waals surface area contributed by atoms with Crippen molar-refractivity contribution in [2.75, 3.05) is 6.54 Å². The number of fused-ring (bicyclic) bond motifs is 2. The molecule has 0 aliphatic carbocycles. The normalized spacial score (nSPS) is 16.7. The number of nitrogens with zero attached hydrogens (tertiary/aromatic N) is 5. The van der Waals surface area contributed by atoms with E-state index in [0.717, 1.165) is 11.2 Å². The Morgan fingerprint density at radius 3 is 2.90 bits per heavy atom. The lowest BCUT2D eigenvalue weighted by Crippen LogP contribution is -2.41. The van der Waals surface area contributed by atoms with E-state index in [4.69, 9.17) is 27.6 Å². The number of carbonyl (C=O) groups excluding carboxylic acids is 1. The number of rotatable bonds is 3. The maximum atomic E-state index is 13.5. The van der Waals surface area contributed by atoms with Crippen LogP contribution >= 0.6 is 23.2 Å². The highest BCUT2D eigenvalue weighted by Crippen LogP contribution is 2.36. The minimum atomic E-state index is -1.38. The van der Waals surface area contributed by atoms with Crippen LogP contribution in [0.3, 0.4) is 0 Å². The summed E-state index contributed by atoms with van der Waals surface area (Å²) < 4.78 is 7.23. The number of halogens is 2. The average Bonchev–Trinajstić information content (AvgIpc) is 3.44. The lowest BCUT2D eigenvalue weighted by atomic mass is 9.99. The number of hydrogen-bond donors (Lipinski definition) is 2. The summed E-state index contributed by atoms with van der Waals surface area (Å²) in [6, 6.07) is 4.83. The molecular formula is C20H18Cl2N6O3. The fourth-order valence-corrected chi connectivity index (χ4v) is 4.16. The number of aromatic amines is 1. The van der Waals surface area contributed by atoms with Crippen LogP contribution in [0.25, 0.3) is 5.52 Å². The Kier molecular flexibility index (Phi) is 4.58. The molecule has 0 saturated carbocycles. The van der Waals surface area contributed by atoms with Gasteiger partial charge in [-0.05, 0) is 32.0 Å². The summed E-state index contributed by atoms with van der Waals surface area (Å²) in [5, 5.41) is 15.3. The van der Waals surface area contributed by atoms with Gasteiger partial charge in [0, 0.05) is 24.9 Å². The van der Waals surface area contributed by atoms with Crippen LogP contribution in [0, 0.1) is 0 Å². The first kappa shape index (κ1) is 20.0. The quantitative estimate of drug-likeness (QED) is 0.484. The number of aliphatic hydroxyl groups is 1. The molecule has 1 atom stereocenters. The first-order chi connectivity index (χ1) is 14.7. The van der Waals surface area contributed by atoms with Gasteiger partial charge in [0.2, 0.25) is 11.7 Å². The summed E-state index contributed by atoms with van der Waals surface area (Å²) in [6.45, 7) is 3.39. The molecular weight excluding hydrogens is 443 g/mol. The van der Waals surface area contributed by atoms with Gasteiger partial charge in [-0.25, -0.2) is 9.50 Å². The van der Waals surface area contributed by atoms with Crippen LogP contribution in [0.5, 0.6) is 0 Å². The first-order valence-corrected chi connectivity index (χ1v) is 10.4. The molecule has 4 aromatic rings. The third-order valence-corrected chi connectivity index (χ3v) is 5.81. The van der Waals surface area contributed by atoms with Gasteiger partial charge in [-0.2, -0.15) is 10.1 Å². The minimum absolute atomic E-state index is 0.0330. The van der Waals surface area contributed by atoms with Gasteiger partial charge in [0.1, 0.15) is 11.6 Å².